The molecule has 1 aromatic carbocycles. The molecule has 6 nitrogen and oxygen atoms in total. The van der Waals surface area contributed by atoms with E-state index in [2.05, 4.69) is 20.6 Å². The molecular formula is C18H19ClN4O2. The van der Waals surface area contributed by atoms with Crippen molar-refractivity contribution in [3.8, 4) is 0 Å². The molecule has 0 saturated heterocycles. The molecule has 1 aliphatic rings. The first-order valence-electron chi connectivity index (χ1n) is 8.25. The van der Waals surface area contributed by atoms with Gasteiger partial charge in [-0.3, -0.25) is 14.6 Å². The fourth-order valence-corrected chi connectivity index (χ4v) is 3.22. The fourth-order valence-electron chi connectivity index (χ4n) is 3.03. The average molecular weight is 359 g/mol. The Kier molecular flexibility index (Phi) is 5.60. The van der Waals surface area contributed by atoms with E-state index in [-0.39, 0.29) is 23.9 Å². The highest BCUT2D eigenvalue weighted by molar-refractivity contribution is 6.30. The molecule has 2 atom stereocenters. The van der Waals surface area contributed by atoms with Crippen LogP contribution in [0, 0.1) is 0 Å². The highest BCUT2D eigenvalue weighted by atomic mass is 35.5. The third-order valence-corrected chi connectivity index (χ3v) is 4.46. The topological polar surface area (TPSA) is 84.0 Å². The summed E-state index contributed by atoms with van der Waals surface area (Å²) in [7, 11) is 0. The van der Waals surface area contributed by atoms with Crippen molar-refractivity contribution in [2.45, 2.75) is 37.8 Å². The number of halogens is 1. The molecule has 7 heteroatoms. The zero-order chi connectivity index (χ0) is 17.6. The van der Waals surface area contributed by atoms with Gasteiger partial charge in [0.15, 0.2) is 0 Å². The molecule has 0 radical (unpaired) electrons. The fraction of sp³-hybridized carbons (Fsp3) is 0.333. The Morgan fingerprint density at radius 1 is 1.08 bits per heavy atom. The Hall–Kier alpha value is -2.47. The van der Waals surface area contributed by atoms with Gasteiger partial charge in [0.1, 0.15) is 5.69 Å². The molecule has 1 saturated carbocycles. The van der Waals surface area contributed by atoms with Crippen molar-refractivity contribution in [1.29, 1.82) is 0 Å². The number of hydrogen-bond acceptors (Lipinski definition) is 4. The van der Waals surface area contributed by atoms with Gasteiger partial charge >= 0.3 is 0 Å². The summed E-state index contributed by atoms with van der Waals surface area (Å²) in [6.07, 6.45) is 7.86. The van der Waals surface area contributed by atoms with Crippen LogP contribution in [0.25, 0.3) is 0 Å². The maximum absolute atomic E-state index is 12.3. The van der Waals surface area contributed by atoms with E-state index >= 15 is 0 Å². The quantitative estimate of drug-likeness (QED) is 0.879. The monoisotopic (exact) mass is 358 g/mol. The van der Waals surface area contributed by atoms with E-state index in [1.807, 2.05) is 0 Å². The smallest absolute Gasteiger partial charge is 0.271 e. The zero-order valence-electron chi connectivity index (χ0n) is 13.6. The van der Waals surface area contributed by atoms with E-state index in [1.165, 1.54) is 18.6 Å². The molecule has 25 heavy (non-hydrogen) atoms. The summed E-state index contributed by atoms with van der Waals surface area (Å²) in [4.78, 5) is 32.4. The number of amides is 2. The summed E-state index contributed by atoms with van der Waals surface area (Å²) >= 11 is 5.93. The second kappa shape index (κ2) is 8.07. The first-order chi connectivity index (χ1) is 12.1. The van der Waals surface area contributed by atoms with Gasteiger partial charge < -0.3 is 10.6 Å². The first-order valence-corrected chi connectivity index (χ1v) is 8.63. The Morgan fingerprint density at radius 3 is 2.52 bits per heavy atom. The Labute approximate surface area is 151 Å². The van der Waals surface area contributed by atoms with Crippen LogP contribution in [0.3, 0.4) is 0 Å². The van der Waals surface area contributed by atoms with Crippen molar-refractivity contribution in [1.82, 2.24) is 20.6 Å². The molecule has 1 aliphatic carbocycles. The van der Waals surface area contributed by atoms with Crippen LogP contribution in [0.5, 0.6) is 0 Å². The molecular weight excluding hydrogens is 340 g/mol. The van der Waals surface area contributed by atoms with Gasteiger partial charge in [-0.15, -0.1) is 0 Å². The maximum Gasteiger partial charge on any atom is 0.271 e. The summed E-state index contributed by atoms with van der Waals surface area (Å²) in [5.41, 5.74) is 0.839. The van der Waals surface area contributed by atoms with Gasteiger partial charge in [-0.1, -0.05) is 17.7 Å². The predicted molar refractivity (Wildman–Crippen MR) is 94.5 cm³/mol. The molecule has 0 aliphatic heterocycles. The van der Waals surface area contributed by atoms with Crippen LogP contribution in [-0.4, -0.2) is 33.9 Å². The van der Waals surface area contributed by atoms with Crippen molar-refractivity contribution in [3.05, 3.63) is 59.1 Å². The first kappa shape index (κ1) is 17.4. The second-order valence-corrected chi connectivity index (χ2v) is 6.54. The van der Waals surface area contributed by atoms with Crippen LogP contribution in [-0.2, 0) is 0 Å². The van der Waals surface area contributed by atoms with Gasteiger partial charge in [-0.2, -0.15) is 0 Å². The summed E-state index contributed by atoms with van der Waals surface area (Å²) in [5.74, 6) is -0.381. The summed E-state index contributed by atoms with van der Waals surface area (Å²) < 4.78 is 0. The zero-order valence-corrected chi connectivity index (χ0v) is 14.4. The molecule has 0 spiro atoms. The molecule has 1 fully saturated rings. The largest absolute Gasteiger partial charge is 0.349 e. The number of benzene rings is 1. The summed E-state index contributed by atoms with van der Waals surface area (Å²) in [5, 5.41) is 6.53. The minimum Gasteiger partial charge on any atom is -0.349 e. The van der Waals surface area contributed by atoms with Crippen molar-refractivity contribution < 1.29 is 9.59 Å². The number of aromatic nitrogens is 2. The second-order valence-electron chi connectivity index (χ2n) is 6.11. The highest BCUT2D eigenvalue weighted by Crippen LogP contribution is 2.20. The van der Waals surface area contributed by atoms with Crippen molar-refractivity contribution in [3.63, 3.8) is 0 Å². The molecule has 1 aromatic heterocycles. The van der Waals surface area contributed by atoms with Crippen LogP contribution < -0.4 is 10.6 Å². The molecule has 0 bridgehead atoms. The maximum atomic E-state index is 12.3. The van der Waals surface area contributed by atoms with Gasteiger partial charge in [-0.25, -0.2) is 4.98 Å². The van der Waals surface area contributed by atoms with Crippen LogP contribution >= 0.6 is 11.6 Å². The highest BCUT2D eigenvalue weighted by Gasteiger charge is 2.25. The van der Waals surface area contributed by atoms with E-state index in [9.17, 15) is 9.59 Å². The molecule has 2 aromatic rings. The molecule has 0 unspecified atom stereocenters. The van der Waals surface area contributed by atoms with Gasteiger partial charge in [0.2, 0.25) is 0 Å². The van der Waals surface area contributed by atoms with E-state index in [0.29, 0.717) is 22.7 Å². The van der Waals surface area contributed by atoms with Gasteiger partial charge in [0, 0.05) is 35.1 Å². The molecule has 130 valence electrons. The number of carbonyl (C=O) groups is 2. The lowest BCUT2D eigenvalue weighted by Crippen LogP contribution is -2.46. The Bertz CT molecular complexity index is 754. The van der Waals surface area contributed by atoms with Crippen LogP contribution in [0.2, 0.25) is 5.02 Å². The predicted octanol–water partition coefficient (Wildman–Crippen LogP) is 2.60. The third-order valence-electron chi connectivity index (χ3n) is 4.23. The number of carbonyl (C=O) groups excluding carboxylic acids is 2. The van der Waals surface area contributed by atoms with E-state index in [4.69, 9.17) is 11.6 Å². The standard InChI is InChI=1S/C18H19ClN4O2/c19-13-4-1-3-12(9-13)17(24)22-14-5-2-6-15(10-14)23-18(25)16-11-20-7-8-21-16/h1,3-4,7-9,11,14-15H,2,5-6,10H2,(H,22,24)(H,23,25)/t14-,15-/m0/s1. The number of nitrogens with zero attached hydrogens (tertiary/aromatic N) is 2. The van der Waals surface area contributed by atoms with E-state index < -0.39 is 0 Å². The van der Waals surface area contributed by atoms with Gasteiger partial charge in [0.05, 0.1) is 6.20 Å². The summed E-state index contributed by atoms with van der Waals surface area (Å²) in [6, 6.07) is 6.89. The average Bonchev–Trinajstić information content (AvgIpc) is 2.63. The minimum absolute atomic E-state index is 0.00733. The van der Waals surface area contributed by atoms with Crippen molar-refractivity contribution >= 4 is 23.4 Å². The van der Waals surface area contributed by atoms with E-state index in [1.54, 1.807) is 24.3 Å². The summed E-state index contributed by atoms with van der Waals surface area (Å²) in [6.45, 7) is 0. The van der Waals surface area contributed by atoms with Crippen LogP contribution in [0.4, 0.5) is 0 Å². The Balaban J connectivity index is 1.56. The lowest BCUT2D eigenvalue weighted by Gasteiger charge is -2.30. The number of nitrogens with one attached hydrogen (secondary N) is 2. The molecule has 1 heterocycles. The third kappa shape index (κ3) is 4.76. The van der Waals surface area contributed by atoms with Gasteiger partial charge in [0.25, 0.3) is 11.8 Å². The van der Waals surface area contributed by atoms with Crippen LogP contribution in [0.15, 0.2) is 42.9 Å². The number of rotatable bonds is 4. The van der Waals surface area contributed by atoms with Crippen molar-refractivity contribution in [2.75, 3.05) is 0 Å². The Morgan fingerprint density at radius 2 is 1.84 bits per heavy atom. The van der Waals surface area contributed by atoms with Gasteiger partial charge in [-0.05, 0) is 43.9 Å². The molecule has 3 rings (SSSR count). The number of hydrogen-bond donors (Lipinski definition) is 2. The lowest BCUT2D eigenvalue weighted by molar-refractivity contribution is 0.0900. The lowest BCUT2D eigenvalue weighted by atomic mass is 9.90. The molecule has 2 amide bonds. The van der Waals surface area contributed by atoms with E-state index in [0.717, 1.165) is 19.3 Å². The normalized spacial score (nSPS) is 19.9. The minimum atomic E-state index is -0.236. The van der Waals surface area contributed by atoms with Crippen LogP contribution in [0.1, 0.15) is 46.5 Å². The molecule has 2 N–H and O–H groups in total. The SMILES string of the molecule is O=C(N[C@H]1CCC[C@H](NC(=O)c2cnccn2)C1)c1cccc(Cl)c1. The van der Waals surface area contributed by atoms with Crippen molar-refractivity contribution in [2.24, 2.45) is 0 Å².